The van der Waals surface area contributed by atoms with Crippen LogP contribution in [0.5, 0.6) is 6.01 Å². The Morgan fingerprint density at radius 3 is 2.89 bits per heavy atom. The number of aromatic nitrogens is 2. The van der Waals surface area contributed by atoms with E-state index in [1.165, 1.54) is 12.3 Å². The lowest BCUT2D eigenvalue weighted by atomic mass is 10.5. The lowest BCUT2D eigenvalue weighted by molar-refractivity contribution is -0.617. The zero-order valence-electron chi connectivity index (χ0n) is 4.90. The summed E-state index contributed by atoms with van der Waals surface area (Å²) < 4.78 is 0.299. The summed E-state index contributed by atoms with van der Waals surface area (Å²) >= 11 is 0. The van der Waals surface area contributed by atoms with Crippen molar-refractivity contribution < 1.29 is 9.84 Å². The van der Waals surface area contributed by atoms with Crippen LogP contribution in [0.25, 0.3) is 0 Å². The molecule has 1 N–H and O–H groups in total. The Bertz CT molecular complexity index is 224. The van der Waals surface area contributed by atoms with Crippen molar-refractivity contribution in [2.24, 2.45) is 0 Å². The lowest BCUT2D eigenvalue weighted by Crippen LogP contribution is -2.26. The molecule has 0 unspecified atom stereocenters. The van der Waals surface area contributed by atoms with Crippen LogP contribution in [0.4, 0.5) is 0 Å². The molecule has 0 aromatic carbocycles. The maximum absolute atomic E-state index is 10.4. The van der Waals surface area contributed by atoms with Crippen molar-refractivity contribution in [2.45, 2.75) is 6.92 Å². The number of hydrogen-bond donors (Lipinski definition) is 1. The van der Waals surface area contributed by atoms with E-state index in [1.807, 2.05) is 0 Å². The van der Waals surface area contributed by atoms with Gasteiger partial charge in [0.25, 0.3) is 0 Å². The summed E-state index contributed by atoms with van der Waals surface area (Å²) in [6.07, 6.45) is 1.21. The zero-order chi connectivity index (χ0) is 6.85. The van der Waals surface area contributed by atoms with Gasteiger partial charge in [0, 0.05) is 13.0 Å². The molecule has 1 rings (SSSR count). The van der Waals surface area contributed by atoms with E-state index >= 15 is 0 Å². The molecule has 0 saturated carbocycles. The third-order valence-electron chi connectivity index (χ3n) is 0.925. The molecule has 0 bridgehead atoms. The molecule has 4 nitrogen and oxygen atoms in total. The van der Waals surface area contributed by atoms with Crippen LogP contribution < -0.4 is 4.73 Å². The molecule has 0 atom stereocenters. The number of nitrogens with zero attached hydrogens (tertiary/aromatic N) is 2. The van der Waals surface area contributed by atoms with E-state index in [1.54, 1.807) is 6.92 Å². The molecule has 0 amide bonds. The van der Waals surface area contributed by atoms with Crippen LogP contribution >= 0.6 is 0 Å². The van der Waals surface area contributed by atoms with E-state index in [9.17, 15) is 5.21 Å². The van der Waals surface area contributed by atoms with Crippen molar-refractivity contribution >= 4 is 0 Å². The summed E-state index contributed by atoms with van der Waals surface area (Å²) in [6, 6.07) is 1.02. The summed E-state index contributed by atoms with van der Waals surface area (Å²) in [6.45, 7) is 1.69. The summed E-state index contributed by atoms with van der Waals surface area (Å²) in [4.78, 5) is 3.48. The van der Waals surface area contributed by atoms with Gasteiger partial charge in [0.2, 0.25) is 0 Å². The van der Waals surface area contributed by atoms with Crippen LogP contribution in [0.3, 0.4) is 0 Å². The fourth-order valence-corrected chi connectivity index (χ4v) is 0.487. The van der Waals surface area contributed by atoms with Gasteiger partial charge >= 0.3 is 6.01 Å². The van der Waals surface area contributed by atoms with Gasteiger partial charge in [0.05, 0.1) is 0 Å². The second-order valence-corrected chi connectivity index (χ2v) is 1.69. The van der Waals surface area contributed by atoms with Crippen molar-refractivity contribution in [3.63, 3.8) is 0 Å². The Balaban J connectivity index is 3.17. The molecule has 0 aliphatic heterocycles. The van der Waals surface area contributed by atoms with E-state index < -0.39 is 6.01 Å². The highest BCUT2D eigenvalue weighted by molar-refractivity contribution is 4.96. The van der Waals surface area contributed by atoms with Crippen molar-refractivity contribution in [3.05, 3.63) is 23.2 Å². The number of aromatic hydroxyl groups is 1. The second-order valence-electron chi connectivity index (χ2n) is 1.69. The number of rotatable bonds is 0. The summed E-state index contributed by atoms with van der Waals surface area (Å²) in [5.74, 6) is 0. The standard InChI is InChI=1S/C5H6N2O2/c1-4-2-3-7(9)5(8)6-4/h2-3H,1H3,(H,6,8). The van der Waals surface area contributed by atoms with E-state index in [0.29, 0.717) is 10.4 Å². The third-order valence-corrected chi connectivity index (χ3v) is 0.925. The van der Waals surface area contributed by atoms with Crippen molar-refractivity contribution in [1.29, 1.82) is 0 Å². The van der Waals surface area contributed by atoms with Gasteiger partial charge in [-0.15, -0.1) is 0 Å². The first kappa shape index (κ1) is 5.81. The highest BCUT2D eigenvalue weighted by Gasteiger charge is 2.02. The van der Waals surface area contributed by atoms with Crippen LogP contribution in [-0.2, 0) is 0 Å². The smallest absolute Gasteiger partial charge is 0.499 e. The van der Waals surface area contributed by atoms with E-state index in [2.05, 4.69) is 4.98 Å². The third kappa shape index (κ3) is 1.07. The molecule has 4 heteroatoms. The van der Waals surface area contributed by atoms with Crippen LogP contribution in [0.1, 0.15) is 5.69 Å². The maximum atomic E-state index is 10.4. The van der Waals surface area contributed by atoms with Crippen molar-refractivity contribution in [3.8, 4) is 6.01 Å². The van der Waals surface area contributed by atoms with Crippen LogP contribution in [0, 0.1) is 12.1 Å². The molecule has 0 radical (unpaired) electrons. The first-order valence-corrected chi connectivity index (χ1v) is 2.46. The molecule has 9 heavy (non-hydrogen) atoms. The minimum atomic E-state index is -0.505. The molecule has 0 saturated heterocycles. The molecular formula is C5H6N2O2. The van der Waals surface area contributed by atoms with Gasteiger partial charge in [-0.05, 0) is 4.98 Å². The second kappa shape index (κ2) is 1.89. The van der Waals surface area contributed by atoms with E-state index in [0.717, 1.165) is 0 Å². The molecular weight excluding hydrogens is 120 g/mol. The van der Waals surface area contributed by atoms with Gasteiger partial charge in [-0.3, -0.25) is 0 Å². The average Bonchev–Trinajstić information content (AvgIpc) is 1.80. The molecule has 1 aromatic rings. The Labute approximate surface area is 52.0 Å². The van der Waals surface area contributed by atoms with Gasteiger partial charge in [-0.2, -0.15) is 0 Å². The van der Waals surface area contributed by atoms with Crippen molar-refractivity contribution in [1.82, 2.24) is 4.98 Å². The molecule has 0 spiro atoms. The van der Waals surface area contributed by atoms with Gasteiger partial charge in [0.15, 0.2) is 5.69 Å². The first-order chi connectivity index (χ1) is 4.20. The number of hydrogen-bond acceptors (Lipinski definition) is 3. The molecule has 48 valence electrons. The largest absolute Gasteiger partial charge is 0.708 e. The quantitative estimate of drug-likeness (QED) is 0.384. The summed E-state index contributed by atoms with van der Waals surface area (Å²) in [5.41, 5.74) is 0.625. The monoisotopic (exact) mass is 126 g/mol. The van der Waals surface area contributed by atoms with Gasteiger partial charge in [-0.25, -0.2) is 4.73 Å². The van der Waals surface area contributed by atoms with Gasteiger partial charge in [0.1, 0.15) is 6.20 Å². The lowest BCUT2D eigenvalue weighted by Gasteiger charge is -1.97. The minimum absolute atomic E-state index is 0.299. The molecule has 0 aliphatic carbocycles. The predicted molar refractivity (Wildman–Crippen MR) is 29.6 cm³/mol. The molecule has 0 fully saturated rings. The summed E-state index contributed by atoms with van der Waals surface area (Å²) in [5, 5.41) is 19.0. The van der Waals surface area contributed by atoms with Crippen LogP contribution in [0.15, 0.2) is 12.3 Å². The normalized spacial score (nSPS) is 9.44. The fraction of sp³-hybridized carbons (Fsp3) is 0.200. The highest BCUT2D eigenvalue weighted by Crippen LogP contribution is 1.94. The fourth-order valence-electron chi connectivity index (χ4n) is 0.487. The topological polar surface area (TPSA) is 60.1 Å². The molecule has 1 heterocycles. The Morgan fingerprint density at radius 1 is 1.78 bits per heavy atom. The molecule has 1 aromatic heterocycles. The van der Waals surface area contributed by atoms with Gasteiger partial charge in [-0.1, -0.05) is 0 Å². The van der Waals surface area contributed by atoms with E-state index in [-0.39, 0.29) is 0 Å². The average molecular weight is 126 g/mol. The Morgan fingerprint density at radius 2 is 2.44 bits per heavy atom. The van der Waals surface area contributed by atoms with Gasteiger partial charge < -0.3 is 10.3 Å². The molecule has 0 aliphatic rings. The first-order valence-electron chi connectivity index (χ1n) is 2.46. The van der Waals surface area contributed by atoms with Crippen LogP contribution in [-0.4, -0.2) is 10.1 Å². The summed E-state index contributed by atoms with van der Waals surface area (Å²) in [7, 11) is 0. The Kier molecular flexibility index (Phi) is 1.22. The Hall–Kier alpha value is -1.32. The van der Waals surface area contributed by atoms with Crippen molar-refractivity contribution in [2.75, 3.05) is 0 Å². The maximum Gasteiger partial charge on any atom is 0.499 e. The zero-order valence-corrected chi connectivity index (χ0v) is 4.90. The SMILES string of the molecule is Cc1cc[n+]([O-])c(O)n1. The highest BCUT2D eigenvalue weighted by atomic mass is 16.5. The number of aryl methyl sites for hydroxylation is 1. The van der Waals surface area contributed by atoms with E-state index in [4.69, 9.17) is 5.11 Å². The predicted octanol–water partition coefficient (Wildman–Crippen LogP) is -0.271. The van der Waals surface area contributed by atoms with Crippen LogP contribution in [0.2, 0.25) is 0 Å². The minimum Gasteiger partial charge on any atom is -0.708 e.